The number of carbonyl (C=O) groups excluding carboxylic acids is 6. The number of amides is 3. The molecule has 3 N–H and O–H groups in total. The molecule has 3 amide bonds. The van der Waals surface area contributed by atoms with E-state index in [1.807, 2.05) is 0 Å². The first-order chi connectivity index (χ1) is 16.7. The Hall–Kier alpha value is -3.36. The maximum Gasteiger partial charge on any atom is 0.251 e. The Kier molecular flexibility index (Phi) is 13.8. The lowest BCUT2D eigenvalue weighted by molar-refractivity contribution is -0.119. The molecule has 0 unspecified atom stereocenters. The fourth-order valence-corrected chi connectivity index (χ4v) is 3.19. The maximum absolute atomic E-state index is 12.7. The molecule has 0 fully saturated rings. The molecule has 9 heteroatoms. The molecule has 0 bridgehead atoms. The van der Waals surface area contributed by atoms with Gasteiger partial charge in [0.2, 0.25) is 0 Å². The zero-order valence-corrected chi connectivity index (χ0v) is 21.0. The van der Waals surface area contributed by atoms with Crippen LogP contribution >= 0.6 is 0 Å². The number of Topliss-reactive ketones (excluding diaryl/α,β-unsaturated/α-hetero) is 3. The standard InChI is InChI=1S/C26H37N3O6/c1-4-22(31)10-7-13-28-25(34)20-15-19(24(33)27-12-6-9-18(3)30)16-21(17-20)26(35)29-14-8-11-23(32)5-2/h15-17H,4-14H2,1-3H3,(H,27,33)(H,28,34)(H,29,35). The number of hydrogen-bond donors (Lipinski definition) is 3. The van der Waals surface area contributed by atoms with Crippen LogP contribution in [0.15, 0.2) is 18.2 Å². The molecule has 0 atom stereocenters. The quantitative estimate of drug-likeness (QED) is 0.289. The van der Waals surface area contributed by atoms with Gasteiger partial charge < -0.3 is 20.7 Å². The predicted octanol–water partition coefficient (Wildman–Crippen LogP) is 2.76. The van der Waals surface area contributed by atoms with E-state index >= 15 is 0 Å². The van der Waals surface area contributed by atoms with E-state index in [9.17, 15) is 28.8 Å². The summed E-state index contributed by atoms with van der Waals surface area (Å²) in [6, 6.07) is 4.22. The van der Waals surface area contributed by atoms with Crippen molar-refractivity contribution in [1.29, 1.82) is 0 Å². The summed E-state index contributed by atoms with van der Waals surface area (Å²) in [5, 5.41) is 8.13. The van der Waals surface area contributed by atoms with Gasteiger partial charge in [-0.2, -0.15) is 0 Å². The van der Waals surface area contributed by atoms with Gasteiger partial charge in [0.25, 0.3) is 17.7 Å². The van der Waals surface area contributed by atoms with E-state index in [0.29, 0.717) is 64.5 Å². The summed E-state index contributed by atoms with van der Waals surface area (Å²) in [6.07, 6.45) is 3.46. The van der Waals surface area contributed by atoms with Crippen molar-refractivity contribution < 1.29 is 28.8 Å². The highest BCUT2D eigenvalue weighted by Gasteiger charge is 2.16. The Balaban J connectivity index is 2.91. The zero-order chi connectivity index (χ0) is 26.2. The van der Waals surface area contributed by atoms with E-state index < -0.39 is 17.7 Å². The monoisotopic (exact) mass is 487 g/mol. The highest BCUT2D eigenvalue weighted by Crippen LogP contribution is 2.12. The van der Waals surface area contributed by atoms with Crippen molar-refractivity contribution in [2.45, 2.75) is 72.1 Å². The fourth-order valence-electron chi connectivity index (χ4n) is 3.19. The van der Waals surface area contributed by atoms with Gasteiger partial charge in [0.1, 0.15) is 17.3 Å². The third-order valence-electron chi connectivity index (χ3n) is 5.34. The molecule has 9 nitrogen and oxygen atoms in total. The molecule has 1 aromatic carbocycles. The normalized spacial score (nSPS) is 10.4. The number of ketones is 3. The smallest absolute Gasteiger partial charge is 0.251 e. The molecule has 0 saturated carbocycles. The van der Waals surface area contributed by atoms with Gasteiger partial charge in [0.05, 0.1) is 0 Å². The van der Waals surface area contributed by atoms with E-state index in [2.05, 4.69) is 16.0 Å². The molecule has 35 heavy (non-hydrogen) atoms. The Morgan fingerprint density at radius 3 is 1.17 bits per heavy atom. The van der Waals surface area contributed by atoms with E-state index in [4.69, 9.17) is 0 Å². The summed E-state index contributed by atoms with van der Waals surface area (Å²) >= 11 is 0. The largest absolute Gasteiger partial charge is 0.352 e. The van der Waals surface area contributed by atoms with E-state index in [-0.39, 0.29) is 40.6 Å². The topological polar surface area (TPSA) is 139 Å². The highest BCUT2D eigenvalue weighted by atomic mass is 16.2. The summed E-state index contributed by atoms with van der Waals surface area (Å²) in [4.78, 5) is 71.9. The number of benzene rings is 1. The molecule has 0 aliphatic heterocycles. The lowest BCUT2D eigenvalue weighted by Crippen LogP contribution is -2.29. The van der Waals surface area contributed by atoms with Crippen LogP contribution in [0.3, 0.4) is 0 Å². The van der Waals surface area contributed by atoms with Gasteiger partial charge in [-0.25, -0.2) is 0 Å². The van der Waals surface area contributed by atoms with Crippen LogP contribution in [-0.2, 0) is 14.4 Å². The van der Waals surface area contributed by atoms with Crippen LogP contribution in [0.1, 0.15) is 103 Å². The number of nitrogens with one attached hydrogen (secondary N) is 3. The molecule has 1 aromatic rings. The molecule has 0 aliphatic carbocycles. The molecule has 1 rings (SSSR count). The SMILES string of the molecule is CCC(=O)CCCNC(=O)c1cc(C(=O)NCCCC(C)=O)cc(C(=O)NCCCC(=O)CC)c1. The van der Waals surface area contributed by atoms with Crippen LogP contribution in [-0.4, -0.2) is 54.7 Å². The third kappa shape index (κ3) is 12.1. The predicted molar refractivity (Wildman–Crippen MR) is 132 cm³/mol. The lowest BCUT2D eigenvalue weighted by atomic mass is 10.0. The van der Waals surface area contributed by atoms with Crippen molar-refractivity contribution in [2.75, 3.05) is 19.6 Å². The van der Waals surface area contributed by atoms with Crippen molar-refractivity contribution in [3.8, 4) is 0 Å². The van der Waals surface area contributed by atoms with Crippen molar-refractivity contribution in [1.82, 2.24) is 16.0 Å². The minimum atomic E-state index is -0.459. The van der Waals surface area contributed by atoms with Gasteiger partial charge in [-0.15, -0.1) is 0 Å². The van der Waals surface area contributed by atoms with E-state index in [0.717, 1.165) is 0 Å². The third-order valence-corrected chi connectivity index (χ3v) is 5.34. The van der Waals surface area contributed by atoms with Gasteiger partial charge in [0.15, 0.2) is 0 Å². The van der Waals surface area contributed by atoms with Crippen molar-refractivity contribution in [3.63, 3.8) is 0 Å². The number of rotatable bonds is 17. The molecule has 0 saturated heterocycles. The van der Waals surface area contributed by atoms with Crippen molar-refractivity contribution in [2.24, 2.45) is 0 Å². The molecule has 0 aromatic heterocycles. The Morgan fingerprint density at radius 2 is 0.886 bits per heavy atom. The maximum atomic E-state index is 12.7. The van der Waals surface area contributed by atoms with Crippen LogP contribution in [0.25, 0.3) is 0 Å². The molecular formula is C26H37N3O6. The first-order valence-electron chi connectivity index (χ1n) is 12.2. The second-order valence-corrected chi connectivity index (χ2v) is 8.36. The van der Waals surface area contributed by atoms with E-state index in [1.165, 1.54) is 25.1 Å². The summed E-state index contributed by atoms with van der Waals surface area (Å²) in [5.74, 6) is -1.12. The fraction of sp³-hybridized carbons (Fsp3) is 0.538. The Bertz CT molecular complexity index is 871. The lowest BCUT2D eigenvalue weighted by Gasteiger charge is -2.11. The number of hydrogen-bond acceptors (Lipinski definition) is 6. The van der Waals surface area contributed by atoms with Gasteiger partial charge in [-0.1, -0.05) is 13.8 Å². The van der Waals surface area contributed by atoms with E-state index in [1.54, 1.807) is 13.8 Å². The van der Waals surface area contributed by atoms with Gasteiger partial charge in [-0.3, -0.25) is 24.0 Å². The molecule has 0 radical (unpaired) electrons. The first-order valence-corrected chi connectivity index (χ1v) is 12.2. The Labute approximate surface area is 206 Å². The minimum absolute atomic E-state index is 0.0261. The van der Waals surface area contributed by atoms with Gasteiger partial charge in [0, 0.05) is 68.4 Å². The second-order valence-electron chi connectivity index (χ2n) is 8.36. The van der Waals surface area contributed by atoms with Crippen LogP contribution in [0.2, 0.25) is 0 Å². The molecule has 0 aliphatic rings. The van der Waals surface area contributed by atoms with Crippen LogP contribution in [0.5, 0.6) is 0 Å². The van der Waals surface area contributed by atoms with Crippen LogP contribution in [0.4, 0.5) is 0 Å². The second kappa shape index (κ2) is 16.3. The zero-order valence-electron chi connectivity index (χ0n) is 21.0. The molecule has 0 heterocycles. The summed E-state index contributed by atoms with van der Waals surface area (Å²) in [7, 11) is 0. The van der Waals surface area contributed by atoms with Gasteiger partial charge >= 0.3 is 0 Å². The Morgan fingerprint density at radius 1 is 0.571 bits per heavy atom. The summed E-state index contributed by atoms with van der Waals surface area (Å²) < 4.78 is 0. The summed E-state index contributed by atoms with van der Waals surface area (Å²) in [5.41, 5.74) is 0.442. The summed E-state index contributed by atoms with van der Waals surface area (Å²) in [6.45, 7) is 5.91. The minimum Gasteiger partial charge on any atom is -0.352 e. The first kappa shape index (κ1) is 29.7. The molecular weight excluding hydrogens is 450 g/mol. The molecule has 0 spiro atoms. The molecule has 192 valence electrons. The van der Waals surface area contributed by atoms with Crippen LogP contribution < -0.4 is 16.0 Å². The van der Waals surface area contributed by atoms with Gasteiger partial charge in [-0.05, 0) is 44.4 Å². The van der Waals surface area contributed by atoms with Crippen molar-refractivity contribution >= 4 is 35.1 Å². The average molecular weight is 488 g/mol. The average Bonchev–Trinajstić information content (AvgIpc) is 2.85. The highest BCUT2D eigenvalue weighted by molar-refractivity contribution is 6.04. The van der Waals surface area contributed by atoms with Crippen LogP contribution in [0, 0.1) is 0 Å². The van der Waals surface area contributed by atoms with Crippen molar-refractivity contribution in [3.05, 3.63) is 34.9 Å². The number of carbonyl (C=O) groups is 6.